The van der Waals surface area contributed by atoms with Gasteiger partial charge >= 0.3 is 0 Å². The quantitative estimate of drug-likeness (QED) is 0.495. The molecule has 0 aliphatic heterocycles. The number of ether oxygens (including phenoxy) is 1. The van der Waals surface area contributed by atoms with Gasteiger partial charge in [0.05, 0.1) is 18.8 Å². The Labute approximate surface area is 187 Å². The van der Waals surface area contributed by atoms with Crippen molar-refractivity contribution in [3.05, 3.63) is 76.3 Å². The van der Waals surface area contributed by atoms with Crippen LogP contribution in [0.5, 0.6) is 0 Å². The third-order valence-electron chi connectivity index (χ3n) is 5.54. The number of nitrogens with zero attached hydrogens (tertiary/aromatic N) is 1. The highest BCUT2D eigenvalue weighted by Crippen LogP contribution is 2.25. The van der Waals surface area contributed by atoms with Gasteiger partial charge in [-0.05, 0) is 55.5 Å². The molecule has 6 heteroatoms. The van der Waals surface area contributed by atoms with E-state index in [-0.39, 0.29) is 18.1 Å². The molecule has 0 unspecified atom stereocenters. The van der Waals surface area contributed by atoms with E-state index in [4.69, 9.17) is 4.74 Å². The highest BCUT2D eigenvalue weighted by Gasteiger charge is 2.28. The molecule has 0 bridgehead atoms. The first kappa shape index (κ1) is 21.5. The van der Waals surface area contributed by atoms with Crippen molar-refractivity contribution in [2.45, 2.75) is 58.3 Å². The minimum absolute atomic E-state index is 0.0162. The number of carbonyl (C=O) groups excluding carboxylic acids is 1. The lowest BCUT2D eigenvalue weighted by Gasteiger charge is -2.32. The van der Waals surface area contributed by atoms with Crippen LogP contribution in [0, 0.1) is 13.8 Å². The minimum atomic E-state index is -0.134. The van der Waals surface area contributed by atoms with Gasteiger partial charge < -0.3 is 15.4 Å². The lowest BCUT2D eigenvalue weighted by Crippen LogP contribution is -2.46. The molecule has 2 atom stereocenters. The second-order valence-corrected chi connectivity index (χ2v) is 9.10. The summed E-state index contributed by atoms with van der Waals surface area (Å²) in [5, 5.41) is 9.01. The topological polar surface area (TPSA) is 63.2 Å². The standard InChI is InChI=1S/C25H29N3O2S/c1-17-12-18(2)14-20(13-17)26-25-28-22(16-31-25)24(29)27-21-10-6-7-11-23(21)30-15-19-8-4-3-5-9-19/h3-5,8-9,12-14,16,21,23H,6-7,10-11,15H2,1-2H3,(H,26,28)(H,27,29)/t21-,23-/m0/s1. The Morgan fingerprint density at radius 3 is 2.61 bits per heavy atom. The Bertz CT molecular complexity index is 998. The van der Waals surface area contributed by atoms with E-state index in [1.165, 1.54) is 22.5 Å². The van der Waals surface area contributed by atoms with E-state index in [9.17, 15) is 4.79 Å². The van der Waals surface area contributed by atoms with E-state index in [1.807, 2.05) is 23.6 Å². The monoisotopic (exact) mass is 435 g/mol. The first-order valence-corrected chi connectivity index (χ1v) is 11.7. The average molecular weight is 436 g/mol. The third kappa shape index (κ3) is 5.93. The van der Waals surface area contributed by atoms with Gasteiger partial charge in [-0.2, -0.15) is 0 Å². The number of aryl methyl sites for hydroxylation is 2. The molecule has 1 aromatic heterocycles. The summed E-state index contributed by atoms with van der Waals surface area (Å²) < 4.78 is 6.18. The van der Waals surface area contributed by atoms with Crippen LogP contribution in [-0.4, -0.2) is 23.0 Å². The van der Waals surface area contributed by atoms with Gasteiger partial charge in [0.2, 0.25) is 0 Å². The Morgan fingerprint density at radius 2 is 1.84 bits per heavy atom. The predicted octanol–water partition coefficient (Wildman–Crippen LogP) is 5.76. The molecule has 0 radical (unpaired) electrons. The molecule has 0 saturated heterocycles. The second kappa shape index (κ2) is 10.1. The van der Waals surface area contributed by atoms with Crippen LogP contribution in [0.2, 0.25) is 0 Å². The van der Waals surface area contributed by atoms with E-state index in [0.717, 1.165) is 42.1 Å². The van der Waals surface area contributed by atoms with Gasteiger partial charge in [0.25, 0.3) is 5.91 Å². The average Bonchev–Trinajstić information content (AvgIpc) is 3.22. The molecular weight excluding hydrogens is 406 g/mol. The molecule has 1 aliphatic rings. The number of nitrogens with one attached hydrogen (secondary N) is 2. The first-order chi connectivity index (χ1) is 15.1. The molecule has 1 heterocycles. The van der Waals surface area contributed by atoms with Gasteiger partial charge in [0, 0.05) is 11.1 Å². The summed E-state index contributed by atoms with van der Waals surface area (Å²) in [5.41, 5.74) is 4.97. The van der Waals surface area contributed by atoms with Gasteiger partial charge in [0.15, 0.2) is 5.13 Å². The van der Waals surface area contributed by atoms with Crippen LogP contribution >= 0.6 is 11.3 Å². The molecule has 1 aliphatic carbocycles. The number of amides is 1. The predicted molar refractivity (Wildman–Crippen MR) is 126 cm³/mol. The second-order valence-electron chi connectivity index (χ2n) is 8.24. The summed E-state index contributed by atoms with van der Waals surface area (Å²) in [7, 11) is 0. The number of thiazole rings is 1. The number of aromatic nitrogens is 1. The maximum absolute atomic E-state index is 12.9. The van der Waals surface area contributed by atoms with Gasteiger partial charge in [0.1, 0.15) is 5.69 Å². The van der Waals surface area contributed by atoms with Gasteiger partial charge in [-0.1, -0.05) is 49.2 Å². The van der Waals surface area contributed by atoms with Crippen LogP contribution in [0.25, 0.3) is 0 Å². The van der Waals surface area contributed by atoms with Crippen LogP contribution in [-0.2, 0) is 11.3 Å². The molecular formula is C25H29N3O2S. The molecule has 1 saturated carbocycles. The fourth-order valence-electron chi connectivity index (χ4n) is 4.09. The van der Waals surface area contributed by atoms with E-state index >= 15 is 0 Å². The molecule has 2 aromatic carbocycles. The molecule has 162 valence electrons. The fourth-order valence-corrected chi connectivity index (χ4v) is 4.80. The number of benzene rings is 2. The number of rotatable bonds is 7. The zero-order chi connectivity index (χ0) is 21.6. The van der Waals surface area contributed by atoms with Crippen molar-refractivity contribution in [1.82, 2.24) is 10.3 Å². The Balaban J connectivity index is 1.36. The number of hydrogen-bond donors (Lipinski definition) is 2. The van der Waals surface area contributed by atoms with Gasteiger partial charge in [-0.15, -0.1) is 11.3 Å². The van der Waals surface area contributed by atoms with Crippen molar-refractivity contribution < 1.29 is 9.53 Å². The van der Waals surface area contributed by atoms with Crippen LogP contribution in [0.3, 0.4) is 0 Å². The summed E-state index contributed by atoms with van der Waals surface area (Å²) in [4.78, 5) is 17.4. The van der Waals surface area contributed by atoms with Gasteiger partial charge in [-0.3, -0.25) is 4.79 Å². The molecule has 1 fully saturated rings. The maximum atomic E-state index is 12.9. The highest BCUT2D eigenvalue weighted by atomic mass is 32.1. The lowest BCUT2D eigenvalue weighted by molar-refractivity contribution is -0.00465. The van der Waals surface area contributed by atoms with Crippen molar-refractivity contribution >= 4 is 28.1 Å². The summed E-state index contributed by atoms with van der Waals surface area (Å²) in [6.45, 7) is 4.71. The molecule has 31 heavy (non-hydrogen) atoms. The minimum Gasteiger partial charge on any atom is -0.371 e. The Kier molecular flexibility index (Phi) is 6.99. The van der Waals surface area contributed by atoms with Crippen molar-refractivity contribution in [2.75, 3.05) is 5.32 Å². The largest absolute Gasteiger partial charge is 0.371 e. The number of anilines is 2. The van der Waals surface area contributed by atoms with Crippen LogP contribution in [0.15, 0.2) is 53.9 Å². The summed E-state index contributed by atoms with van der Waals surface area (Å²) in [5.74, 6) is -0.134. The lowest BCUT2D eigenvalue weighted by atomic mass is 9.92. The summed E-state index contributed by atoms with van der Waals surface area (Å²) in [6.07, 6.45) is 4.17. The van der Waals surface area contributed by atoms with E-state index in [1.54, 1.807) is 0 Å². The van der Waals surface area contributed by atoms with E-state index < -0.39 is 0 Å². The SMILES string of the molecule is Cc1cc(C)cc(Nc2nc(C(=O)N[C@H]3CCCC[C@@H]3OCc3ccccc3)cs2)c1. The molecule has 2 N–H and O–H groups in total. The smallest absolute Gasteiger partial charge is 0.271 e. The highest BCUT2D eigenvalue weighted by molar-refractivity contribution is 7.14. The molecule has 0 spiro atoms. The van der Waals surface area contributed by atoms with Crippen LogP contribution in [0.1, 0.15) is 52.9 Å². The zero-order valence-corrected chi connectivity index (χ0v) is 18.9. The van der Waals surface area contributed by atoms with Crippen molar-refractivity contribution in [2.24, 2.45) is 0 Å². The normalized spacial score (nSPS) is 18.5. The van der Waals surface area contributed by atoms with Crippen LogP contribution < -0.4 is 10.6 Å². The summed E-state index contributed by atoms with van der Waals surface area (Å²) >= 11 is 1.44. The van der Waals surface area contributed by atoms with E-state index in [0.29, 0.717) is 12.3 Å². The Hall–Kier alpha value is -2.70. The third-order valence-corrected chi connectivity index (χ3v) is 6.29. The zero-order valence-electron chi connectivity index (χ0n) is 18.1. The van der Waals surface area contributed by atoms with Crippen LogP contribution in [0.4, 0.5) is 10.8 Å². The molecule has 1 amide bonds. The van der Waals surface area contributed by atoms with Crippen molar-refractivity contribution in [3.63, 3.8) is 0 Å². The van der Waals surface area contributed by atoms with Crippen molar-refractivity contribution in [1.29, 1.82) is 0 Å². The first-order valence-electron chi connectivity index (χ1n) is 10.8. The number of carbonyl (C=O) groups is 1. The number of hydrogen-bond acceptors (Lipinski definition) is 5. The molecule has 3 aromatic rings. The fraction of sp³-hybridized carbons (Fsp3) is 0.360. The Morgan fingerprint density at radius 1 is 1.10 bits per heavy atom. The molecule has 5 nitrogen and oxygen atoms in total. The van der Waals surface area contributed by atoms with E-state index in [2.05, 4.69) is 59.8 Å². The van der Waals surface area contributed by atoms with Gasteiger partial charge in [-0.25, -0.2) is 4.98 Å². The summed E-state index contributed by atoms with van der Waals surface area (Å²) in [6, 6.07) is 16.5. The molecule has 4 rings (SSSR count). The van der Waals surface area contributed by atoms with Crippen molar-refractivity contribution in [3.8, 4) is 0 Å². The maximum Gasteiger partial charge on any atom is 0.271 e.